The Balaban J connectivity index is 1.89. The van der Waals surface area contributed by atoms with E-state index in [9.17, 15) is 13.2 Å². The van der Waals surface area contributed by atoms with Gasteiger partial charge >= 0.3 is 0 Å². The third-order valence-corrected chi connectivity index (χ3v) is 7.67. The highest BCUT2D eigenvalue weighted by Crippen LogP contribution is 2.31. The van der Waals surface area contributed by atoms with Crippen molar-refractivity contribution in [2.75, 3.05) is 17.9 Å². The lowest BCUT2D eigenvalue weighted by atomic mass is 10.2. The van der Waals surface area contributed by atoms with Gasteiger partial charge in [-0.2, -0.15) is 0 Å². The Labute approximate surface area is 177 Å². The fourth-order valence-electron chi connectivity index (χ4n) is 2.63. The van der Waals surface area contributed by atoms with Crippen molar-refractivity contribution >= 4 is 59.0 Å². The van der Waals surface area contributed by atoms with E-state index in [-0.39, 0.29) is 10.8 Å². The molecule has 3 rings (SSSR count). The lowest BCUT2D eigenvalue weighted by Crippen LogP contribution is -2.26. The number of rotatable bonds is 6. The Bertz CT molecular complexity index is 1110. The van der Waals surface area contributed by atoms with E-state index in [0.29, 0.717) is 23.0 Å². The van der Waals surface area contributed by atoms with Crippen molar-refractivity contribution < 1.29 is 13.2 Å². The number of fused-ring (bicyclic) bond motifs is 1. The molecule has 1 N–H and O–H groups in total. The Hall–Kier alpha value is -1.90. The number of carbonyl (C=O) groups excluding carboxylic acids is 1. The average Bonchev–Trinajstić information content (AvgIpc) is 3.09. The molecular formula is C20H21BrN2O3S2. The van der Waals surface area contributed by atoms with Gasteiger partial charge < -0.3 is 5.32 Å². The van der Waals surface area contributed by atoms with Gasteiger partial charge in [-0.1, -0.05) is 29.8 Å². The molecule has 8 heteroatoms. The first-order valence-corrected chi connectivity index (χ1v) is 11.8. The number of benzene rings is 2. The zero-order chi connectivity index (χ0) is 20.5. The van der Waals surface area contributed by atoms with E-state index in [2.05, 4.69) is 21.2 Å². The van der Waals surface area contributed by atoms with Crippen LogP contribution < -0.4 is 9.62 Å². The van der Waals surface area contributed by atoms with Gasteiger partial charge in [0, 0.05) is 22.8 Å². The number of nitrogens with one attached hydrogen (secondary N) is 1. The van der Waals surface area contributed by atoms with Crippen molar-refractivity contribution in [1.82, 2.24) is 5.32 Å². The molecule has 0 saturated heterocycles. The molecule has 3 aromatic rings. The molecule has 0 atom stereocenters. The lowest BCUT2D eigenvalue weighted by Gasteiger charge is -2.19. The van der Waals surface area contributed by atoms with Crippen molar-refractivity contribution in [2.24, 2.45) is 5.92 Å². The van der Waals surface area contributed by atoms with Crippen LogP contribution in [0.1, 0.15) is 23.5 Å². The summed E-state index contributed by atoms with van der Waals surface area (Å²) in [4.78, 5) is 13.1. The van der Waals surface area contributed by atoms with Crippen LogP contribution >= 0.6 is 27.3 Å². The van der Waals surface area contributed by atoms with Crippen LogP contribution in [0.3, 0.4) is 0 Å². The van der Waals surface area contributed by atoms with Crippen LogP contribution in [-0.2, 0) is 10.0 Å². The standard InChI is InChI=1S/C20H21BrN2O3S2/c1-13(2)12-22-20(24)19-11-14-10-16(6-9-18(14)27-19)23(3)28(25,26)17-7-4-15(21)5-8-17/h4-11,13H,12H2,1-3H3,(H,22,24). The Morgan fingerprint density at radius 2 is 1.82 bits per heavy atom. The molecule has 0 radical (unpaired) electrons. The maximum absolute atomic E-state index is 12.9. The molecule has 0 unspecified atom stereocenters. The topological polar surface area (TPSA) is 66.5 Å². The van der Waals surface area contributed by atoms with E-state index in [1.807, 2.05) is 19.9 Å². The van der Waals surface area contributed by atoms with E-state index in [4.69, 9.17) is 0 Å². The summed E-state index contributed by atoms with van der Waals surface area (Å²) in [6.07, 6.45) is 0. The molecule has 148 valence electrons. The lowest BCUT2D eigenvalue weighted by molar-refractivity contribution is 0.0953. The average molecular weight is 481 g/mol. The number of sulfonamides is 1. The minimum Gasteiger partial charge on any atom is -0.351 e. The molecule has 1 heterocycles. The molecule has 0 saturated carbocycles. The van der Waals surface area contributed by atoms with Crippen molar-refractivity contribution in [3.63, 3.8) is 0 Å². The highest BCUT2D eigenvalue weighted by atomic mass is 79.9. The summed E-state index contributed by atoms with van der Waals surface area (Å²) in [6, 6.07) is 13.7. The minimum absolute atomic E-state index is 0.104. The highest BCUT2D eigenvalue weighted by Gasteiger charge is 2.22. The van der Waals surface area contributed by atoms with Crippen LogP contribution in [0.25, 0.3) is 10.1 Å². The monoisotopic (exact) mass is 480 g/mol. The van der Waals surface area contributed by atoms with E-state index >= 15 is 0 Å². The second kappa shape index (κ2) is 8.23. The maximum Gasteiger partial charge on any atom is 0.264 e. The Morgan fingerprint density at radius 3 is 2.46 bits per heavy atom. The molecule has 1 amide bonds. The van der Waals surface area contributed by atoms with Gasteiger partial charge in [-0.3, -0.25) is 9.10 Å². The molecule has 0 aliphatic carbocycles. The summed E-state index contributed by atoms with van der Waals surface area (Å²) >= 11 is 4.71. The largest absolute Gasteiger partial charge is 0.351 e. The van der Waals surface area contributed by atoms with E-state index in [1.54, 1.807) is 42.5 Å². The smallest absolute Gasteiger partial charge is 0.264 e. The second-order valence-electron chi connectivity index (χ2n) is 6.86. The predicted molar refractivity (Wildman–Crippen MR) is 119 cm³/mol. The van der Waals surface area contributed by atoms with Gasteiger partial charge in [-0.05, 0) is 59.8 Å². The van der Waals surface area contributed by atoms with E-state index < -0.39 is 10.0 Å². The fraction of sp³-hybridized carbons (Fsp3) is 0.250. The Kier molecular flexibility index (Phi) is 6.12. The van der Waals surface area contributed by atoms with E-state index in [0.717, 1.165) is 14.6 Å². The molecular weight excluding hydrogens is 460 g/mol. The summed E-state index contributed by atoms with van der Waals surface area (Å²) in [5.74, 6) is 0.273. The quantitative estimate of drug-likeness (QED) is 0.546. The van der Waals surface area contributed by atoms with Crippen molar-refractivity contribution in [1.29, 1.82) is 0 Å². The summed E-state index contributed by atoms with van der Waals surface area (Å²) < 4.78 is 28.8. The fourth-order valence-corrected chi connectivity index (χ4v) is 5.04. The third kappa shape index (κ3) is 4.39. The third-order valence-electron chi connectivity index (χ3n) is 4.23. The second-order valence-corrected chi connectivity index (χ2v) is 10.8. The first-order valence-electron chi connectivity index (χ1n) is 8.75. The van der Waals surface area contributed by atoms with Gasteiger partial charge in [0.1, 0.15) is 0 Å². The molecule has 2 aromatic carbocycles. The molecule has 5 nitrogen and oxygen atoms in total. The van der Waals surface area contributed by atoms with Gasteiger partial charge in [-0.25, -0.2) is 8.42 Å². The molecule has 0 bridgehead atoms. The maximum atomic E-state index is 12.9. The number of anilines is 1. The number of nitrogens with zero attached hydrogens (tertiary/aromatic N) is 1. The molecule has 0 aliphatic heterocycles. The highest BCUT2D eigenvalue weighted by molar-refractivity contribution is 9.10. The molecule has 1 aromatic heterocycles. The first-order chi connectivity index (χ1) is 13.2. The van der Waals surface area contributed by atoms with Crippen LogP contribution in [0.5, 0.6) is 0 Å². The summed E-state index contributed by atoms with van der Waals surface area (Å²) in [5, 5.41) is 3.75. The van der Waals surface area contributed by atoms with Crippen LogP contribution in [0.2, 0.25) is 0 Å². The molecule has 28 heavy (non-hydrogen) atoms. The SMILES string of the molecule is CC(C)CNC(=O)c1cc2cc(N(C)S(=O)(=O)c3ccc(Br)cc3)ccc2s1. The minimum atomic E-state index is -3.67. The summed E-state index contributed by atoms with van der Waals surface area (Å²) in [7, 11) is -2.14. The van der Waals surface area contributed by atoms with Crippen LogP contribution in [-0.4, -0.2) is 27.9 Å². The van der Waals surface area contributed by atoms with Crippen LogP contribution in [0, 0.1) is 5.92 Å². The van der Waals surface area contributed by atoms with Crippen molar-refractivity contribution in [2.45, 2.75) is 18.7 Å². The zero-order valence-electron chi connectivity index (χ0n) is 15.8. The van der Waals surface area contributed by atoms with E-state index in [1.165, 1.54) is 22.7 Å². The van der Waals surface area contributed by atoms with Crippen molar-refractivity contribution in [3.05, 3.63) is 57.9 Å². The van der Waals surface area contributed by atoms with Crippen molar-refractivity contribution in [3.8, 4) is 0 Å². The number of thiophene rings is 1. The summed E-state index contributed by atoms with van der Waals surface area (Å²) in [5.41, 5.74) is 0.544. The normalized spacial score (nSPS) is 11.8. The molecule has 0 aliphatic rings. The van der Waals surface area contributed by atoms with Gasteiger partial charge in [-0.15, -0.1) is 11.3 Å². The number of hydrogen-bond acceptors (Lipinski definition) is 4. The number of hydrogen-bond donors (Lipinski definition) is 1. The van der Waals surface area contributed by atoms with Crippen LogP contribution in [0.15, 0.2) is 57.9 Å². The number of halogens is 1. The number of amides is 1. The number of carbonyl (C=O) groups is 1. The first kappa shape index (κ1) is 20.8. The van der Waals surface area contributed by atoms with Gasteiger partial charge in [0.15, 0.2) is 0 Å². The molecule has 0 spiro atoms. The van der Waals surface area contributed by atoms with Gasteiger partial charge in [0.05, 0.1) is 15.5 Å². The summed E-state index contributed by atoms with van der Waals surface area (Å²) in [6.45, 7) is 4.70. The van der Waals surface area contributed by atoms with Gasteiger partial charge in [0.25, 0.3) is 15.9 Å². The Morgan fingerprint density at radius 1 is 1.14 bits per heavy atom. The van der Waals surface area contributed by atoms with Gasteiger partial charge in [0.2, 0.25) is 0 Å². The predicted octanol–water partition coefficient (Wildman–Crippen LogP) is 4.87. The molecule has 0 fully saturated rings. The van der Waals surface area contributed by atoms with Crippen LogP contribution in [0.4, 0.5) is 5.69 Å². The zero-order valence-corrected chi connectivity index (χ0v) is 19.0.